The number of rotatable bonds is 7. The molecule has 2 amide bonds. The zero-order valence-corrected chi connectivity index (χ0v) is 16.4. The summed E-state index contributed by atoms with van der Waals surface area (Å²) < 4.78 is 52.5. The van der Waals surface area contributed by atoms with Crippen LogP contribution >= 0.6 is 0 Å². The Balaban J connectivity index is 2.31. The lowest BCUT2D eigenvalue weighted by Gasteiger charge is -2.28. The number of aromatic nitrogens is 2. The van der Waals surface area contributed by atoms with Crippen molar-refractivity contribution in [1.29, 1.82) is 0 Å². The van der Waals surface area contributed by atoms with Crippen molar-refractivity contribution < 1.29 is 27.2 Å². The SMILES string of the molecule is CC(C)(C)C(NC(=O)c1nn(CCCCC(F)(F)F)c2c(F)cccc12)C(N)=O. The van der Waals surface area contributed by atoms with Crippen LogP contribution in [0.1, 0.15) is 50.5 Å². The van der Waals surface area contributed by atoms with E-state index in [1.54, 1.807) is 20.8 Å². The van der Waals surface area contributed by atoms with Crippen LogP contribution < -0.4 is 11.1 Å². The fourth-order valence-electron chi connectivity index (χ4n) is 3.02. The van der Waals surface area contributed by atoms with E-state index in [1.807, 2.05) is 0 Å². The maximum atomic E-state index is 14.4. The Morgan fingerprint density at radius 2 is 1.86 bits per heavy atom. The summed E-state index contributed by atoms with van der Waals surface area (Å²) in [6, 6.07) is 3.08. The van der Waals surface area contributed by atoms with Crippen molar-refractivity contribution in [3.63, 3.8) is 0 Å². The van der Waals surface area contributed by atoms with Gasteiger partial charge >= 0.3 is 6.18 Å². The van der Waals surface area contributed by atoms with Gasteiger partial charge in [-0.3, -0.25) is 14.3 Å². The minimum atomic E-state index is -4.26. The summed E-state index contributed by atoms with van der Waals surface area (Å²) in [5.41, 5.74) is 4.62. The highest BCUT2D eigenvalue weighted by Gasteiger charge is 2.33. The number of unbranched alkanes of at least 4 members (excludes halogenated alkanes) is 1. The minimum Gasteiger partial charge on any atom is -0.368 e. The third-order valence-corrected chi connectivity index (χ3v) is 4.44. The molecule has 0 aliphatic carbocycles. The van der Waals surface area contributed by atoms with Gasteiger partial charge < -0.3 is 11.1 Å². The monoisotopic (exact) mass is 416 g/mol. The number of carbonyl (C=O) groups excluding carboxylic acids is 2. The predicted molar refractivity (Wildman–Crippen MR) is 99.5 cm³/mol. The zero-order valence-electron chi connectivity index (χ0n) is 16.4. The average molecular weight is 416 g/mol. The number of fused-ring (bicyclic) bond motifs is 1. The van der Waals surface area contributed by atoms with E-state index in [1.165, 1.54) is 22.9 Å². The van der Waals surface area contributed by atoms with Gasteiger partial charge in [-0.05, 0) is 24.3 Å². The number of nitrogens with one attached hydrogen (secondary N) is 1. The Morgan fingerprint density at radius 1 is 1.21 bits per heavy atom. The molecule has 2 rings (SSSR count). The second-order valence-electron chi connectivity index (χ2n) is 7.95. The predicted octanol–water partition coefficient (Wildman–Crippen LogP) is 3.54. The van der Waals surface area contributed by atoms with Crippen molar-refractivity contribution in [1.82, 2.24) is 15.1 Å². The van der Waals surface area contributed by atoms with Crippen LogP contribution in [0.15, 0.2) is 18.2 Å². The smallest absolute Gasteiger partial charge is 0.368 e. The molecule has 2 aromatic rings. The van der Waals surface area contributed by atoms with E-state index in [4.69, 9.17) is 5.73 Å². The number of benzene rings is 1. The third kappa shape index (κ3) is 5.68. The number of hydrogen-bond acceptors (Lipinski definition) is 3. The Morgan fingerprint density at radius 3 is 2.41 bits per heavy atom. The summed E-state index contributed by atoms with van der Waals surface area (Å²) >= 11 is 0. The van der Waals surface area contributed by atoms with Crippen molar-refractivity contribution in [2.24, 2.45) is 11.1 Å². The van der Waals surface area contributed by atoms with Gasteiger partial charge in [0.15, 0.2) is 5.69 Å². The molecule has 1 unspecified atom stereocenters. The Hall–Kier alpha value is -2.65. The quantitative estimate of drug-likeness (QED) is 0.534. The van der Waals surface area contributed by atoms with Crippen LogP contribution in [-0.4, -0.2) is 33.8 Å². The lowest BCUT2D eigenvalue weighted by atomic mass is 9.86. The highest BCUT2D eigenvalue weighted by atomic mass is 19.4. The van der Waals surface area contributed by atoms with E-state index in [-0.39, 0.29) is 36.0 Å². The number of amides is 2. The van der Waals surface area contributed by atoms with Gasteiger partial charge in [0, 0.05) is 18.4 Å². The van der Waals surface area contributed by atoms with Gasteiger partial charge in [0.2, 0.25) is 5.91 Å². The van der Waals surface area contributed by atoms with Gasteiger partial charge in [0.05, 0.1) is 0 Å². The summed E-state index contributed by atoms with van der Waals surface area (Å²) in [5, 5.41) is 6.84. The second-order valence-corrected chi connectivity index (χ2v) is 7.95. The van der Waals surface area contributed by atoms with Crippen LogP contribution in [0.5, 0.6) is 0 Å². The number of para-hydroxylation sites is 1. The maximum Gasteiger partial charge on any atom is 0.389 e. The zero-order chi connectivity index (χ0) is 22.0. The maximum absolute atomic E-state index is 14.4. The van der Waals surface area contributed by atoms with Gasteiger partial charge in [0.25, 0.3) is 5.91 Å². The number of alkyl halides is 3. The first kappa shape index (κ1) is 22.6. The van der Waals surface area contributed by atoms with Gasteiger partial charge in [-0.25, -0.2) is 4.39 Å². The molecule has 3 N–H and O–H groups in total. The molecule has 1 heterocycles. The van der Waals surface area contributed by atoms with Crippen molar-refractivity contribution in [3.8, 4) is 0 Å². The van der Waals surface area contributed by atoms with Crippen LogP contribution in [0, 0.1) is 11.2 Å². The van der Waals surface area contributed by atoms with Crippen molar-refractivity contribution in [2.45, 2.75) is 58.8 Å². The van der Waals surface area contributed by atoms with Crippen molar-refractivity contribution in [3.05, 3.63) is 29.7 Å². The first-order chi connectivity index (χ1) is 13.3. The fourth-order valence-corrected chi connectivity index (χ4v) is 3.02. The number of halogens is 4. The van der Waals surface area contributed by atoms with E-state index < -0.39 is 41.7 Å². The third-order valence-electron chi connectivity index (χ3n) is 4.44. The number of nitrogens with two attached hydrogens (primary N) is 1. The number of primary amides is 1. The van der Waals surface area contributed by atoms with Gasteiger partial charge in [-0.2, -0.15) is 18.3 Å². The highest BCUT2D eigenvalue weighted by molar-refractivity contribution is 6.06. The molecule has 6 nitrogen and oxygen atoms in total. The van der Waals surface area contributed by atoms with Crippen molar-refractivity contribution >= 4 is 22.7 Å². The van der Waals surface area contributed by atoms with Crippen LogP contribution in [0.3, 0.4) is 0 Å². The number of nitrogens with zero attached hydrogens (tertiary/aromatic N) is 2. The molecule has 10 heteroatoms. The van der Waals surface area contributed by atoms with E-state index in [0.717, 1.165) is 0 Å². The van der Waals surface area contributed by atoms with Crippen LogP contribution in [-0.2, 0) is 11.3 Å². The molecule has 1 atom stereocenters. The first-order valence-electron chi connectivity index (χ1n) is 9.13. The molecular formula is C19H24F4N4O2. The minimum absolute atomic E-state index is 0.0132. The van der Waals surface area contributed by atoms with Crippen LogP contribution in [0.4, 0.5) is 17.6 Å². The summed E-state index contributed by atoms with van der Waals surface area (Å²) in [5.74, 6) is -2.09. The second kappa shape index (κ2) is 8.38. The van der Waals surface area contributed by atoms with Gasteiger partial charge in [-0.15, -0.1) is 0 Å². The highest BCUT2D eigenvalue weighted by Crippen LogP contribution is 2.26. The number of carbonyl (C=O) groups is 2. The molecule has 0 saturated heterocycles. The largest absolute Gasteiger partial charge is 0.389 e. The molecule has 29 heavy (non-hydrogen) atoms. The fraction of sp³-hybridized carbons (Fsp3) is 0.526. The van der Waals surface area contributed by atoms with E-state index in [0.29, 0.717) is 0 Å². The molecule has 0 fully saturated rings. The summed E-state index contributed by atoms with van der Waals surface area (Å²) in [6.45, 7) is 5.18. The standard InChI is InChI=1S/C19H24F4N4O2/c1-18(2,3)15(16(24)28)25-17(29)13-11-7-6-8-12(20)14(11)27(26-13)10-5-4-9-19(21,22)23/h6-8,15H,4-5,9-10H2,1-3H3,(H2,24,28)(H,25,29). The normalized spacial score (nSPS) is 13.5. The first-order valence-corrected chi connectivity index (χ1v) is 9.13. The van der Waals surface area contributed by atoms with Crippen molar-refractivity contribution in [2.75, 3.05) is 0 Å². The van der Waals surface area contributed by atoms with Gasteiger partial charge in [0.1, 0.15) is 17.4 Å². The summed E-state index contributed by atoms with van der Waals surface area (Å²) in [7, 11) is 0. The van der Waals surface area contributed by atoms with Crippen LogP contribution in [0.25, 0.3) is 10.9 Å². The average Bonchev–Trinajstić information content (AvgIpc) is 2.94. The Kier molecular flexibility index (Phi) is 6.54. The van der Waals surface area contributed by atoms with E-state index in [9.17, 15) is 27.2 Å². The number of aryl methyl sites for hydroxylation is 1. The Bertz CT molecular complexity index is 900. The lowest BCUT2D eigenvalue weighted by Crippen LogP contribution is -2.52. The van der Waals surface area contributed by atoms with E-state index in [2.05, 4.69) is 10.4 Å². The topological polar surface area (TPSA) is 90.0 Å². The van der Waals surface area contributed by atoms with Crippen LogP contribution in [0.2, 0.25) is 0 Å². The molecule has 0 radical (unpaired) electrons. The molecule has 0 bridgehead atoms. The number of hydrogen-bond donors (Lipinski definition) is 2. The molecular weight excluding hydrogens is 392 g/mol. The lowest BCUT2D eigenvalue weighted by molar-refractivity contribution is -0.135. The molecule has 1 aromatic carbocycles. The molecule has 0 saturated carbocycles. The van der Waals surface area contributed by atoms with Gasteiger partial charge in [-0.1, -0.05) is 32.9 Å². The van der Waals surface area contributed by atoms with E-state index >= 15 is 0 Å². The molecule has 0 aliphatic heterocycles. The Labute approximate surface area is 165 Å². The molecule has 1 aromatic heterocycles. The molecule has 0 aliphatic rings. The summed E-state index contributed by atoms with van der Waals surface area (Å²) in [6.07, 6.45) is -5.25. The molecule has 160 valence electrons. The summed E-state index contributed by atoms with van der Waals surface area (Å²) in [4.78, 5) is 24.5. The molecule has 0 spiro atoms.